The molecule has 0 amide bonds. The van der Waals surface area contributed by atoms with Crippen molar-refractivity contribution in [1.82, 2.24) is 0 Å². The second-order valence-electron chi connectivity index (χ2n) is 3.06. The summed E-state index contributed by atoms with van der Waals surface area (Å²) in [5.74, 6) is -0.325. The molecule has 0 aliphatic heterocycles. The zero-order valence-corrected chi connectivity index (χ0v) is 11.7. The lowest BCUT2D eigenvalue weighted by Crippen LogP contribution is -2.09. The zero-order valence-electron chi connectivity index (χ0n) is 8.66. The summed E-state index contributed by atoms with van der Waals surface area (Å²) in [5, 5.41) is 9.00. The van der Waals surface area contributed by atoms with Gasteiger partial charge in [-0.2, -0.15) is 5.26 Å². The smallest absolute Gasteiger partial charge is 0.310 e. The molecule has 0 aromatic heterocycles. The van der Waals surface area contributed by atoms with E-state index in [1.54, 1.807) is 19.1 Å². The molecule has 0 fully saturated rings. The summed E-state index contributed by atoms with van der Waals surface area (Å²) in [4.78, 5) is 12.1. The van der Waals surface area contributed by atoms with Gasteiger partial charge in [0.2, 0.25) is 0 Å². The van der Waals surface area contributed by atoms with Crippen LogP contribution in [0.3, 0.4) is 0 Å². The third kappa shape index (κ3) is 3.39. The minimum Gasteiger partial charge on any atom is -0.466 e. The van der Waals surface area contributed by atoms with E-state index in [-0.39, 0.29) is 12.4 Å². The fraction of sp³-hybridized carbons (Fsp3) is 0.273. The Labute approximate surface area is 113 Å². The number of nitrogens with zero attached hydrogens (tertiary/aromatic N) is 1. The lowest BCUT2D eigenvalue weighted by Gasteiger charge is -2.06. The molecule has 3 nitrogen and oxygen atoms in total. The minimum absolute atomic E-state index is 0.112. The number of carbonyl (C=O) groups is 1. The predicted molar refractivity (Wildman–Crippen MR) is 71.5 cm³/mol. The molecular weight excluding hydrogens is 337 g/mol. The van der Waals surface area contributed by atoms with E-state index < -0.39 is 0 Å². The Hall–Kier alpha value is -0.740. The fourth-order valence-electron chi connectivity index (χ4n) is 1.28. The van der Waals surface area contributed by atoms with Crippen molar-refractivity contribution in [2.75, 3.05) is 6.61 Å². The number of thiol groups is 1. The van der Waals surface area contributed by atoms with Gasteiger partial charge in [-0.1, -0.05) is 0 Å². The van der Waals surface area contributed by atoms with Crippen LogP contribution in [0.2, 0.25) is 0 Å². The second-order valence-corrected chi connectivity index (χ2v) is 4.73. The molecule has 1 aromatic rings. The average Bonchev–Trinajstić information content (AvgIpc) is 2.17. The van der Waals surface area contributed by atoms with Crippen LogP contribution in [0.5, 0.6) is 0 Å². The summed E-state index contributed by atoms with van der Waals surface area (Å²) in [7, 11) is 0. The van der Waals surface area contributed by atoms with Crippen molar-refractivity contribution in [2.24, 2.45) is 0 Å². The topological polar surface area (TPSA) is 50.1 Å². The number of esters is 1. The van der Waals surface area contributed by atoms with Crippen LogP contribution in [-0.2, 0) is 16.0 Å². The maximum absolute atomic E-state index is 11.3. The number of hydrogen-bond acceptors (Lipinski definition) is 4. The molecule has 0 aliphatic carbocycles. The van der Waals surface area contributed by atoms with Crippen molar-refractivity contribution in [1.29, 1.82) is 5.26 Å². The first-order chi connectivity index (χ1) is 7.58. The number of rotatable bonds is 3. The van der Waals surface area contributed by atoms with Gasteiger partial charge in [-0.05, 0) is 47.2 Å². The number of carbonyl (C=O) groups excluding carboxylic acids is 1. The van der Waals surface area contributed by atoms with Crippen molar-refractivity contribution in [3.63, 3.8) is 0 Å². The number of hydrogen-bond donors (Lipinski definition) is 1. The molecule has 1 rings (SSSR count). The molecule has 5 heteroatoms. The predicted octanol–water partition coefficient (Wildman–Crippen LogP) is 2.56. The number of halogens is 1. The lowest BCUT2D eigenvalue weighted by molar-refractivity contribution is -0.142. The Balaban J connectivity index is 3.04. The summed E-state index contributed by atoms with van der Waals surface area (Å²) >= 11 is 6.27. The average molecular weight is 347 g/mol. The van der Waals surface area contributed by atoms with Gasteiger partial charge in [0.05, 0.1) is 18.6 Å². The highest BCUT2D eigenvalue weighted by atomic mass is 127. The van der Waals surface area contributed by atoms with Crippen LogP contribution in [0.25, 0.3) is 0 Å². The van der Waals surface area contributed by atoms with E-state index in [9.17, 15) is 4.79 Å². The maximum Gasteiger partial charge on any atom is 0.310 e. The summed E-state index contributed by atoms with van der Waals surface area (Å²) < 4.78 is 5.65. The molecule has 16 heavy (non-hydrogen) atoms. The third-order valence-corrected chi connectivity index (χ3v) is 3.02. The Kier molecular flexibility index (Phi) is 5.09. The first kappa shape index (κ1) is 13.3. The Morgan fingerprint density at radius 2 is 2.31 bits per heavy atom. The van der Waals surface area contributed by atoms with E-state index in [2.05, 4.69) is 41.3 Å². The van der Waals surface area contributed by atoms with E-state index in [4.69, 9.17) is 10.00 Å². The van der Waals surface area contributed by atoms with Gasteiger partial charge in [-0.3, -0.25) is 4.79 Å². The molecule has 0 N–H and O–H groups in total. The monoisotopic (exact) mass is 347 g/mol. The van der Waals surface area contributed by atoms with Gasteiger partial charge < -0.3 is 4.74 Å². The van der Waals surface area contributed by atoms with Gasteiger partial charge in [-0.15, -0.1) is 12.6 Å². The van der Waals surface area contributed by atoms with Crippen molar-refractivity contribution in [3.05, 3.63) is 26.8 Å². The van der Waals surface area contributed by atoms with E-state index in [0.717, 1.165) is 8.47 Å². The standard InChI is InChI=1S/C11H10INO2S/c1-2-15-11(14)4-7-3-8(16)5-10(12)9(7)6-13/h3,5,16H,2,4H2,1H3. The third-order valence-electron chi connectivity index (χ3n) is 1.91. The lowest BCUT2D eigenvalue weighted by atomic mass is 10.1. The first-order valence-corrected chi connectivity index (χ1v) is 6.18. The van der Waals surface area contributed by atoms with Gasteiger partial charge >= 0.3 is 5.97 Å². The van der Waals surface area contributed by atoms with E-state index in [1.165, 1.54) is 0 Å². The SMILES string of the molecule is CCOC(=O)Cc1cc(S)cc(I)c1C#N. The Morgan fingerprint density at radius 1 is 1.62 bits per heavy atom. The minimum atomic E-state index is -0.325. The van der Waals surface area contributed by atoms with Crippen LogP contribution >= 0.6 is 35.2 Å². The van der Waals surface area contributed by atoms with Gasteiger partial charge in [0, 0.05) is 8.47 Å². The first-order valence-electron chi connectivity index (χ1n) is 4.65. The second kappa shape index (κ2) is 6.11. The summed E-state index contributed by atoms with van der Waals surface area (Å²) in [6.45, 7) is 2.10. The maximum atomic E-state index is 11.3. The fourth-order valence-corrected chi connectivity index (χ4v) is 2.61. The normalized spacial score (nSPS) is 9.62. The Bertz CT molecular complexity index is 454. The highest BCUT2D eigenvalue weighted by Gasteiger charge is 2.12. The zero-order chi connectivity index (χ0) is 12.1. The quantitative estimate of drug-likeness (QED) is 0.519. The highest BCUT2D eigenvalue weighted by Crippen LogP contribution is 2.21. The van der Waals surface area contributed by atoms with Crippen molar-refractivity contribution >= 4 is 41.2 Å². The molecule has 0 saturated heterocycles. The van der Waals surface area contributed by atoms with Crippen LogP contribution in [0.4, 0.5) is 0 Å². The van der Waals surface area contributed by atoms with Gasteiger partial charge in [0.15, 0.2) is 0 Å². The molecule has 0 heterocycles. The summed E-state index contributed by atoms with van der Waals surface area (Å²) in [6.07, 6.45) is 0.112. The number of benzene rings is 1. The van der Waals surface area contributed by atoms with Gasteiger partial charge in [0.1, 0.15) is 6.07 Å². The molecule has 84 valence electrons. The largest absolute Gasteiger partial charge is 0.466 e. The van der Waals surface area contributed by atoms with Crippen LogP contribution in [-0.4, -0.2) is 12.6 Å². The molecule has 0 radical (unpaired) electrons. The summed E-state index contributed by atoms with van der Waals surface area (Å²) in [5.41, 5.74) is 1.18. The van der Waals surface area contributed by atoms with Crippen molar-refractivity contribution < 1.29 is 9.53 Å². The van der Waals surface area contributed by atoms with Crippen LogP contribution in [0.15, 0.2) is 17.0 Å². The van der Waals surface area contributed by atoms with Crippen molar-refractivity contribution in [3.8, 4) is 6.07 Å². The molecule has 0 unspecified atom stereocenters. The van der Waals surface area contributed by atoms with Crippen LogP contribution < -0.4 is 0 Å². The molecule has 1 aromatic carbocycles. The Morgan fingerprint density at radius 3 is 2.88 bits per heavy atom. The van der Waals surface area contributed by atoms with Crippen molar-refractivity contribution in [2.45, 2.75) is 18.2 Å². The highest BCUT2D eigenvalue weighted by molar-refractivity contribution is 14.1. The van der Waals surface area contributed by atoms with E-state index in [1.807, 2.05) is 0 Å². The van der Waals surface area contributed by atoms with Crippen LogP contribution in [0, 0.1) is 14.9 Å². The molecule has 0 saturated carbocycles. The molecule has 0 bridgehead atoms. The number of ether oxygens (including phenoxy) is 1. The molecular formula is C11H10INO2S. The van der Waals surface area contributed by atoms with Gasteiger partial charge in [0.25, 0.3) is 0 Å². The molecule has 0 atom stereocenters. The van der Waals surface area contributed by atoms with E-state index in [0.29, 0.717) is 17.7 Å². The number of nitriles is 1. The van der Waals surface area contributed by atoms with E-state index >= 15 is 0 Å². The van der Waals surface area contributed by atoms with Gasteiger partial charge in [-0.25, -0.2) is 0 Å². The summed E-state index contributed by atoms with van der Waals surface area (Å²) in [6, 6.07) is 5.60. The molecule has 0 aliphatic rings. The van der Waals surface area contributed by atoms with Crippen LogP contribution in [0.1, 0.15) is 18.1 Å². The molecule has 0 spiro atoms.